The van der Waals surface area contributed by atoms with Crippen LogP contribution in [-0.4, -0.2) is 133 Å². The molecule has 78 heavy (non-hydrogen) atoms. The van der Waals surface area contributed by atoms with Crippen LogP contribution in [0, 0.1) is 0 Å². The van der Waals surface area contributed by atoms with E-state index in [1.54, 1.807) is 41.5 Å². The fraction of sp³-hybridized carbons (Fsp3) is 0.417. The highest BCUT2D eigenvalue weighted by molar-refractivity contribution is 7.00. The molecule has 6 atom stereocenters. The third-order valence-electron chi connectivity index (χ3n) is 13.6. The SMILES string of the molecule is CC(C)(C)OC(=O)N1C(=O)[C@@H](O)[C@@H](NC(=O)OCc2ccccc2)[C@@H]1CO[Si](c1ccccc1)(c1ccccc1)C(C)(C)C.CC(C)(C)OC(=O)N1C(=O)[C@@H](O)[C@@H](O)[C@@H]1CO[Si](c1ccccc1)(c1ccccc1)C(C)(C)C. The smallest absolute Gasteiger partial charge is 0.417 e. The van der Waals surface area contributed by atoms with Crippen LogP contribution < -0.4 is 26.1 Å². The second kappa shape index (κ2) is 24.7. The first-order valence-corrected chi connectivity index (χ1v) is 30.0. The summed E-state index contributed by atoms with van der Waals surface area (Å²) in [5.74, 6) is -1.78. The number of amides is 5. The molecule has 4 N–H and O–H groups in total. The molecule has 0 bridgehead atoms. The highest BCUT2D eigenvalue weighted by Gasteiger charge is 2.57. The number of alkyl carbamates (subject to hydrolysis) is 1. The van der Waals surface area contributed by atoms with Crippen molar-refractivity contribution < 1.29 is 62.4 Å². The number of rotatable bonds is 13. The van der Waals surface area contributed by atoms with Gasteiger partial charge in [0.1, 0.15) is 23.9 Å². The second-order valence-corrected chi connectivity index (χ2v) is 32.2. The Morgan fingerprint density at radius 2 is 0.808 bits per heavy atom. The zero-order valence-corrected chi connectivity index (χ0v) is 48.8. The van der Waals surface area contributed by atoms with E-state index in [1.165, 1.54) is 0 Å². The number of aliphatic hydroxyl groups excluding tert-OH is 3. The van der Waals surface area contributed by atoms with Crippen molar-refractivity contribution in [2.75, 3.05) is 13.2 Å². The Morgan fingerprint density at radius 3 is 1.15 bits per heavy atom. The summed E-state index contributed by atoms with van der Waals surface area (Å²) in [7, 11) is -6.10. The molecule has 2 heterocycles. The third-order valence-corrected chi connectivity index (χ3v) is 23.6. The van der Waals surface area contributed by atoms with Crippen molar-refractivity contribution in [1.82, 2.24) is 15.1 Å². The molecular weight excluding hydrogens is 1030 g/mol. The molecule has 16 nitrogen and oxygen atoms in total. The zero-order chi connectivity index (χ0) is 57.4. The van der Waals surface area contributed by atoms with Crippen molar-refractivity contribution in [3.63, 3.8) is 0 Å². The summed E-state index contributed by atoms with van der Waals surface area (Å²) in [6.45, 7) is 22.4. The van der Waals surface area contributed by atoms with Gasteiger partial charge in [-0.05, 0) is 77.9 Å². The monoisotopic (exact) mass is 1100 g/mol. The van der Waals surface area contributed by atoms with Crippen molar-refractivity contribution in [3.8, 4) is 0 Å². The summed E-state index contributed by atoms with van der Waals surface area (Å²) in [4.78, 5) is 67.0. The normalized spacial score (nSPS) is 20.1. The van der Waals surface area contributed by atoms with Crippen molar-refractivity contribution in [3.05, 3.63) is 157 Å². The minimum atomic E-state index is -3.12. The van der Waals surface area contributed by atoms with Gasteiger partial charge in [0.15, 0.2) is 12.2 Å². The molecule has 2 saturated heterocycles. The Labute approximate surface area is 460 Å². The third kappa shape index (κ3) is 13.7. The van der Waals surface area contributed by atoms with E-state index in [9.17, 15) is 39.3 Å². The number of nitrogens with one attached hydrogen (secondary N) is 1. The Kier molecular flexibility index (Phi) is 19.2. The summed E-state index contributed by atoms with van der Waals surface area (Å²) in [5.41, 5.74) is -0.988. The van der Waals surface area contributed by atoms with Gasteiger partial charge in [0, 0.05) is 0 Å². The Morgan fingerprint density at radius 1 is 0.487 bits per heavy atom. The van der Waals surface area contributed by atoms with E-state index < -0.39 is 99.4 Å². The van der Waals surface area contributed by atoms with Crippen LogP contribution in [-0.2, 0) is 39.3 Å². The molecule has 7 rings (SSSR count). The number of imide groups is 2. The Hall–Kier alpha value is -6.52. The molecule has 0 spiro atoms. The van der Waals surface area contributed by atoms with Gasteiger partial charge >= 0.3 is 18.3 Å². The lowest BCUT2D eigenvalue weighted by atomic mass is 10.1. The molecule has 2 aliphatic rings. The maximum Gasteiger partial charge on any atom is 0.417 e. The lowest BCUT2D eigenvalue weighted by molar-refractivity contribution is -0.136. The number of benzene rings is 5. The maximum atomic E-state index is 13.4. The predicted molar refractivity (Wildman–Crippen MR) is 302 cm³/mol. The molecule has 0 aliphatic carbocycles. The van der Waals surface area contributed by atoms with Gasteiger partial charge < -0.3 is 43.7 Å². The molecule has 0 aromatic heterocycles. The summed E-state index contributed by atoms with van der Waals surface area (Å²) in [6.07, 6.45) is -7.62. The summed E-state index contributed by atoms with van der Waals surface area (Å²) in [5, 5.41) is 38.0. The quantitative estimate of drug-likeness (QED) is 0.0708. The molecule has 5 aromatic carbocycles. The first-order valence-electron chi connectivity index (χ1n) is 26.2. The van der Waals surface area contributed by atoms with Crippen molar-refractivity contribution in [1.29, 1.82) is 0 Å². The molecule has 2 aliphatic heterocycles. The number of aliphatic hydroxyl groups is 3. The minimum Gasteiger partial charge on any atom is -0.445 e. The van der Waals surface area contributed by atoms with E-state index in [-0.39, 0.29) is 24.9 Å². The van der Waals surface area contributed by atoms with E-state index in [2.05, 4.69) is 46.9 Å². The standard InChI is InChI=1S/C34H42N2O7Si.C26H35NO6Si/c1-33(2,3)43-32(40)36-27(28(29(37)30(36)38)35-31(39)41-22-24-16-10-7-11-17-24)23-42-44(34(4,5)6,25-18-12-8-13-19-25)26-20-14-9-15-21-26;1-25(2,3)33-24(31)27-20(21(28)22(29)23(27)30)17-32-34(26(4,5)6,18-13-9-7-10-14-18)19-15-11-8-12-16-19/h7-21,27-29,37H,22-23H2,1-6H3,(H,35,39);7-16,20-22,28-29H,17H2,1-6H3/t27-,28-,29-;20-,21-,22-/m00/s1. The van der Waals surface area contributed by atoms with Crippen LogP contribution in [0.4, 0.5) is 14.4 Å². The highest BCUT2D eigenvalue weighted by atomic mass is 28.4. The molecule has 0 unspecified atom stereocenters. The predicted octanol–water partition coefficient (Wildman–Crippen LogP) is 6.80. The van der Waals surface area contributed by atoms with Crippen LogP contribution >= 0.6 is 0 Å². The van der Waals surface area contributed by atoms with Gasteiger partial charge in [0.05, 0.1) is 31.3 Å². The molecule has 18 heteroatoms. The molecule has 5 amide bonds. The van der Waals surface area contributed by atoms with Crippen molar-refractivity contribution in [2.45, 2.75) is 147 Å². The number of hydrogen-bond acceptors (Lipinski definition) is 13. The Bertz CT molecular complexity index is 2720. The van der Waals surface area contributed by atoms with Gasteiger partial charge in [-0.1, -0.05) is 193 Å². The maximum absolute atomic E-state index is 13.4. The lowest BCUT2D eigenvalue weighted by Crippen LogP contribution is -2.68. The summed E-state index contributed by atoms with van der Waals surface area (Å²) < 4.78 is 30.2. The van der Waals surface area contributed by atoms with Crippen molar-refractivity contribution in [2.24, 2.45) is 0 Å². The largest absolute Gasteiger partial charge is 0.445 e. The Balaban J connectivity index is 0.000000261. The zero-order valence-electron chi connectivity index (χ0n) is 46.8. The van der Waals surface area contributed by atoms with E-state index in [4.69, 9.17) is 23.1 Å². The first kappa shape index (κ1) is 60.7. The number of carbonyl (C=O) groups is 5. The van der Waals surface area contributed by atoms with Gasteiger partial charge in [-0.25, -0.2) is 24.2 Å². The van der Waals surface area contributed by atoms with E-state index in [1.807, 2.05) is 152 Å². The molecular formula is C60H77N3O13Si2. The van der Waals surface area contributed by atoms with E-state index >= 15 is 0 Å². The molecule has 0 saturated carbocycles. The first-order chi connectivity index (χ1) is 36.5. The number of hydrogen-bond donors (Lipinski definition) is 4. The van der Waals surface area contributed by atoms with E-state index in [0.717, 1.165) is 36.1 Å². The molecule has 418 valence electrons. The number of nitrogens with zero attached hydrogens (tertiary/aromatic N) is 2. The van der Waals surface area contributed by atoms with Crippen LogP contribution in [0.3, 0.4) is 0 Å². The van der Waals surface area contributed by atoms with Gasteiger partial charge in [-0.3, -0.25) is 9.59 Å². The van der Waals surface area contributed by atoms with Crippen LogP contribution in [0.1, 0.15) is 88.6 Å². The summed E-state index contributed by atoms with van der Waals surface area (Å²) >= 11 is 0. The minimum absolute atomic E-state index is 0.0115. The highest BCUT2D eigenvalue weighted by Crippen LogP contribution is 2.39. The number of likely N-dealkylation sites (tertiary alicyclic amines) is 2. The number of carbonyl (C=O) groups excluding carboxylic acids is 5. The average Bonchev–Trinajstić information content (AvgIpc) is 3.91. The fourth-order valence-electron chi connectivity index (χ4n) is 10.1. The molecule has 0 radical (unpaired) electrons. The summed E-state index contributed by atoms with van der Waals surface area (Å²) in [6, 6.07) is 45.4. The van der Waals surface area contributed by atoms with E-state index in [0.29, 0.717) is 0 Å². The van der Waals surface area contributed by atoms with Crippen LogP contribution in [0.25, 0.3) is 0 Å². The number of ether oxygens (including phenoxy) is 3. The van der Waals surface area contributed by atoms with Crippen LogP contribution in [0.15, 0.2) is 152 Å². The molecule has 5 aromatic rings. The van der Waals surface area contributed by atoms with Gasteiger partial charge in [-0.2, -0.15) is 0 Å². The van der Waals surface area contributed by atoms with Gasteiger partial charge in [-0.15, -0.1) is 0 Å². The van der Waals surface area contributed by atoms with Gasteiger partial charge in [0.25, 0.3) is 28.4 Å². The van der Waals surface area contributed by atoms with Crippen LogP contribution in [0.2, 0.25) is 10.1 Å². The van der Waals surface area contributed by atoms with Gasteiger partial charge in [0.2, 0.25) is 0 Å². The lowest BCUT2D eigenvalue weighted by Gasteiger charge is -2.44. The molecule has 2 fully saturated rings. The van der Waals surface area contributed by atoms with Crippen LogP contribution in [0.5, 0.6) is 0 Å². The van der Waals surface area contributed by atoms with Crippen molar-refractivity contribution >= 4 is 67.5 Å². The fourth-order valence-corrected chi connectivity index (χ4v) is 19.2. The second-order valence-electron chi connectivity index (χ2n) is 23.6. The average molecular weight is 1100 g/mol. The topological polar surface area (TPSA) is 211 Å².